The largest absolute Gasteiger partial charge is 0.508 e. The van der Waals surface area contributed by atoms with Crippen molar-refractivity contribution >= 4 is 27.5 Å². The summed E-state index contributed by atoms with van der Waals surface area (Å²) in [7, 11) is 1.34. The third kappa shape index (κ3) is 4.95. The average molecular weight is 603 g/mol. The topological polar surface area (TPSA) is 116 Å². The van der Waals surface area contributed by atoms with Gasteiger partial charge in [0.05, 0.1) is 30.2 Å². The van der Waals surface area contributed by atoms with Gasteiger partial charge in [-0.15, -0.1) is 6.42 Å². The van der Waals surface area contributed by atoms with Crippen LogP contribution >= 0.6 is 0 Å². The number of ether oxygens (including phenoxy) is 2. The number of nitrogens with zero attached hydrogens (tertiary/aromatic N) is 5. The van der Waals surface area contributed by atoms with E-state index in [4.69, 9.17) is 15.9 Å². The molecule has 4 aromatic rings. The van der Waals surface area contributed by atoms with Crippen LogP contribution in [0.1, 0.15) is 31.7 Å². The van der Waals surface area contributed by atoms with Gasteiger partial charge < -0.3 is 19.9 Å². The molecule has 0 saturated carbocycles. The van der Waals surface area contributed by atoms with Gasteiger partial charge in [0.1, 0.15) is 46.8 Å². The minimum Gasteiger partial charge on any atom is -0.508 e. The first-order chi connectivity index (χ1) is 21.2. The van der Waals surface area contributed by atoms with Crippen LogP contribution < -0.4 is 14.8 Å². The standard InChI is InChI=1S/C32H29F3N6O3/c1-4-21-23(34)7-6-18-10-20(42)11-22(24(18)21)27-26(35)28-25(30(38-27)43-3)29(37-14-17(2)13-36)40-31(39-28)44-16-32-8-5-9-41(32)15-19(33)12-32/h1,6-7,10-11,17,19,42H,5,8-9,12,14-16H2,2-3H3,(H,37,39,40)/t17?,19-,32+/m1/s1. The number of hydrogen-bond donors (Lipinski definition) is 2. The van der Waals surface area contributed by atoms with Gasteiger partial charge in [0, 0.05) is 30.5 Å². The van der Waals surface area contributed by atoms with E-state index in [0.717, 1.165) is 19.4 Å². The number of alkyl halides is 1. The number of methoxy groups -OCH3 is 1. The zero-order chi connectivity index (χ0) is 31.2. The van der Waals surface area contributed by atoms with Gasteiger partial charge in [-0.1, -0.05) is 12.0 Å². The van der Waals surface area contributed by atoms with Crippen molar-refractivity contribution in [3.05, 3.63) is 41.5 Å². The number of phenols is 1. The first-order valence-electron chi connectivity index (χ1n) is 14.2. The highest BCUT2D eigenvalue weighted by Crippen LogP contribution is 2.43. The van der Waals surface area contributed by atoms with Crippen LogP contribution in [0.3, 0.4) is 0 Å². The smallest absolute Gasteiger partial charge is 0.319 e. The summed E-state index contributed by atoms with van der Waals surface area (Å²) in [6.07, 6.45) is 6.65. The summed E-state index contributed by atoms with van der Waals surface area (Å²) in [5, 5.41) is 23.5. The van der Waals surface area contributed by atoms with Crippen LogP contribution in [0.15, 0.2) is 24.3 Å². The van der Waals surface area contributed by atoms with Gasteiger partial charge in [-0.3, -0.25) is 4.90 Å². The molecule has 2 aliphatic heterocycles. The summed E-state index contributed by atoms with van der Waals surface area (Å²) >= 11 is 0. The maximum Gasteiger partial charge on any atom is 0.319 e. The molecule has 2 fully saturated rings. The molecule has 44 heavy (non-hydrogen) atoms. The molecule has 9 nitrogen and oxygen atoms in total. The quantitative estimate of drug-likeness (QED) is 0.258. The second kappa shape index (κ2) is 11.4. The highest BCUT2D eigenvalue weighted by molar-refractivity contribution is 6.04. The molecule has 0 amide bonds. The number of pyridine rings is 1. The number of nitrogens with one attached hydrogen (secondary N) is 1. The number of aromatic hydroxyl groups is 1. The minimum absolute atomic E-state index is 0.0271. The molecule has 12 heteroatoms. The van der Waals surface area contributed by atoms with Gasteiger partial charge in [0.2, 0.25) is 5.88 Å². The fourth-order valence-electron chi connectivity index (χ4n) is 6.33. The fourth-order valence-corrected chi connectivity index (χ4v) is 6.33. The number of hydrogen-bond acceptors (Lipinski definition) is 9. The van der Waals surface area contributed by atoms with E-state index in [0.29, 0.717) is 18.4 Å². The van der Waals surface area contributed by atoms with Crippen LogP contribution in [0.2, 0.25) is 0 Å². The lowest BCUT2D eigenvalue weighted by Crippen LogP contribution is -2.43. The molecule has 4 heterocycles. The van der Waals surface area contributed by atoms with Gasteiger partial charge >= 0.3 is 6.01 Å². The van der Waals surface area contributed by atoms with Gasteiger partial charge in [-0.2, -0.15) is 15.2 Å². The lowest BCUT2D eigenvalue weighted by Gasteiger charge is -2.30. The molecule has 2 aromatic heterocycles. The average Bonchev–Trinajstić information content (AvgIpc) is 3.54. The molecule has 0 spiro atoms. The number of anilines is 1. The van der Waals surface area contributed by atoms with E-state index < -0.39 is 29.3 Å². The number of benzene rings is 2. The number of nitriles is 1. The number of phenolic OH excluding ortho intramolecular Hbond substituents is 1. The van der Waals surface area contributed by atoms with E-state index in [1.54, 1.807) is 6.92 Å². The zero-order valence-electron chi connectivity index (χ0n) is 24.1. The molecule has 1 unspecified atom stereocenters. The Balaban J connectivity index is 1.54. The first-order valence-corrected chi connectivity index (χ1v) is 14.2. The van der Waals surface area contributed by atoms with Crippen LogP contribution in [-0.4, -0.2) is 70.0 Å². The van der Waals surface area contributed by atoms with Gasteiger partial charge in [0.15, 0.2) is 5.82 Å². The van der Waals surface area contributed by atoms with Crippen molar-refractivity contribution in [1.29, 1.82) is 5.26 Å². The van der Waals surface area contributed by atoms with E-state index in [-0.39, 0.29) is 69.7 Å². The van der Waals surface area contributed by atoms with E-state index in [1.807, 2.05) is 0 Å². The lowest BCUT2D eigenvalue weighted by atomic mass is 9.95. The summed E-state index contributed by atoms with van der Waals surface area (Å²) in [6, 6.07) is 7.19. The van der Waals surface area contributed by atoms with Gasteiger partial charge in [-0.25, -0.2) is 18.2 Å². The number of aromatic nitrogens is 3. The molecular formula is C32H29F3N6O3. The van der Waals surface area contributed by atoms with Gasteiger partial charge in [0.25, 0.3) is 0 Å². The maximum atomic E-state index is 16.7. The molecule has 0 radical (unpaired) electrons. The second-order valence-corrected chi connectivity index (χ2v) is 11.3. The van der Waals surface area contributed by atoms with Crippen LogP contribution in [0.4, 0.5) is 19.0 Å². The minimum atomic E-state index is -0.966. The van der Waals surface area contributed by atoms with Gasteiger partial charge in [-0.05, 0) is 49.9 Å². The van der Waals surface area contributed by atoms with Crippen LogP contribution in [0.5, 0.6) is 17.6 Å². The number of terminal acetylenes is 1. The number of rotatable bonds is 8. The fraction of sp³-hybridized carbons (Fsp3) is 0.375. The third-order valence-corrected chi connectivity index (χ3v) is 8.40. The van der Waals surface area contributed by atoms with E-state index >= 15 is 4.39 Å². The van der Waals surface area contributed by atoms with Crippen molar-refractivity contribution in [3.63, 3.8) is 0 Å². The molecule has 2 aromatic carbocycles. The van der Waals surface area contributed by atoms with Crippen LogP contribution in [-0.2, 0) is 0 Å². The molecule has 3 atom stereocenters. The van der Waals surface area contributed by atoms with E-state index in [1.165, 1.54) is 31.4 Å². The molecule has 0 bridgehead atoms. The molecule has 2 N–H and O–H groups in total. The van der Waals surface area contributed by atoms with Crippen molar-refractivity contribution in [2.75, 3.05) is 38.7 Å². The molecule has 6 rings (SSSR count). The summed E-state index contributed by atoms with van der Waals surface area (Å²) < 4.78 is 57.5. The molecule has 226 valence electrons. The summed E-state index contributed by atoms with van der Waals surface area (Å²) in [4.78, 5) is 15.4. The van der Waals surface area contributed by atoms with Crippen molar-refractivity contribution in [3.8, 4) is 47.3 Å². The predicted molar refractivity (Wildman–Crippen MR) is 158 cm³/mol. The predicted octanol–water partition coefficient (Wildman–Crippen LogP) is 5.35. The Morgan fingerprint density at radius 1 is 1.25 bits per heavy atom. The van der Waals surface area contributed by atoms with E-state index in [2.05, 4.69) is 37.2 Å². The Labute approximate surface area is 251 Å². The second-order valence-electron chi connectivity index (χ2n) is 11.3. The van der Waals surface area contributed by atoms with Crippen molar-refractivity contribution < 1.29 is 27.8 Å². The zero-order valence-corrected chi connectivity index (χ0v) is 24.1. The lowest BCUT2D eigenvalue weighted by molar-refractivity contribution is 0.107. The molecule has 2 aliphatic rings. The third-order valence-electron chi connectivity index (χ3n) is 8.40. The van der Waals surface area contributed by atoms with Crippen LogP contribution in [0.25, 0.3) is 32.9 Å². The Morgan fingerprint density at radius 2 is 2.07 bits per heavy atom. The Bertz CT molecular complexity index is 1870. The Hall–Kier alpha value is -4.81. The Morgan fingerprint density at radius 3 is 2.82 bits per heavy atom. The summed E-state index contributed by atoms with van der Waals surface area (Å²) in [6.45, 7) is 3.07. The van der Waals surface area contributed by atoms with Crippen LogP contribution in [0, 0.1) is 41.2 Å². The highest BCUT2D eigenvalue weighted by atomic mass is 19.1. The molecule has 2 saturated heterocycles. The molecule has 0 aliphatic carbocycles. The monoisotopic (exact) mass is 602 g/mol. The summed E-state index contributed by atoms with van der Waals surface area (Å²) in [5.74, 6) is 0.112. The van der Waals surface area contributed by atoms with Crippen molar-refractivity contribution in [1.82, 2.24) is 19.9 Å². The summed E-state index contributed by atoms with van der Waals surface area (Å²) in [5.41, 5.74) is -1.12. The highest BCUT2D eigenvalue weighted by Gasteiger charge is 2.49. The van der Waals surface area contributed by atoms with Crippen molar-refractivity contribution in [2.45, 2.75) is 37.9 Å². The Kier molecular flexibility index (Phi) is 7.56. The number of fused-ring (bicyclic) bond motifs is 3. The first kappa shape index (κ1) is 29.3. The molecular weight excluding hydrogens is 573 g/mol. The number of halogens is 3. The maximum absolute atomic E-state index is 16.7. The SMILES string of the molecule is C#Cc1c(F)ccc2cc(O)cc(-c3nc(OC)c4c(NCC(C)C#N)nc(OC[C@@]56CCCN5C[C@H](F)C6)nc4c3F)c12. The van der Waals surface area contributed by atoms with Crippen molar-refractivity contribution in [2.24, 2.45) is 5.92 Å². The normalized spacial score (nSPS) is 20.3. The van der Waals surface area contributed by atoms with E-state index in [9.17, 15) is 19.1 Å².